The highest BCUT2D eigenvalue weighted by atomic mass is 19.1. The number of carboxylic acids is 1. The Bertz CT molecular complexity index is 541. The Morgan fingerprint density at radius 3 is 2.65 bits per heavy atom. The van der Waals surface area contributed by atoms with Gasteiger partial charge in [0.1, 0.15) is 5.82 Å². The average Bonchev–Trinajstić information content (AvgIpc) is 3.19. The van der Waals surface area contributed by atoms with E-state index in [0.717, 1.165) is 25.3 Å². The molecule has 1 saturated carbocycles. The van der Waals surface area contributed by atoms with E-state index in [0.29, 0.717) is 6.54 Å². The van der Waals surface area contributed by atoms with Gasteiger partial charge in [-0.1, -0.05) is 13.0 Å². The van der Waals surface area contributed by atoms with Gasteiger partial charge >= 0.3 is 12.0 Å². The van der Waals surface area contributed by atoms with Crippen LogP contribution in [-0.2, 0) is 0 Å². The summed E-state index contributed by atoms with van der Waals surface area (Å²) in [5.74, 6) is -2.05. The molecule has 0 aromatic heterocycles. The summed E-state index contributed by atoms with van der Waals surface area (Å²) in [7, 11) is 0. The Morgan fingerprint density at radius 1 is 1.40 bits per heavy atom. The molecule has 0 spiro atoms. The summed E-state index contributed by atoms with van der Waals surface area (Å²) in [6, 6.07) is 3.06. The molecule has 0 aliphatic heterocycles. The van der Waals surface area contributed by atoms with E-state index >= 15 is 0 Å². The molecule has 1 aliphatic carbocycles. The van der Waals surface area contributed by atoms with Gasteiger partial charge in [0.05, 0.1) is 11.3 Å². The lowest BCUT2D eigenvalue weighted by atomic mass is 10.0. The van der Waals surface area contributed by atoms with Gasteiger partial charge in [-0.3, -0.25) is 0 Å². The molecular weight excluding hydrogens is 263 g/mol. The third-order valence-corrected chi connectivity index (χ3v) is 3.81. The van der Waals surface area contributed by atoms with Crippen LogP contribution in [0.4, 0.5) is 14.9 Å². The van der Waals surface area contributed by atoms with Crippen molar-refractivity contribution in [2.75, 3.05) is 11.9 Å². The van der Waals surface area contributed by atoms with E-state index in [4.69, 9.17) is 5.11 Å². The minimum Gasteiger partial charge on any atom is -0.478 e. The number of nitrogens with one attached hydrogen (secondary N) is 2. The molecule has 1 aromatic rings. The van der Waals surface area contributed by atoms with Crippen LogP contribution in [0.15, 0.2) is 18.2 Å². The van der Waals surface area contributed by atoms with E-state index in [2.05, 4.69) is 17.6 Å². The summed E-state index contributed by atoms with van der Waals surface area (Å²) < 4.78 is 13.6. The SMILES string of the molecule is CCC1(CNC(=O)Nc2c(F)cccc2C(=O)O)CC1. The highest BCUT2D eigenvalue weighted by Gasteiger charge is 2.40. The van der Waals surface area contributed by atoms with Crippen LogP contribution in [0.1, 0.15) is 36.5 Å². The number of para-hydroxylation sites is 1. The smallest absolute Gasteiger partial charge is 0.337 e. The molecule has 0 bridgehead atoms. The molecule has 3 N–H and O–H groups in total. The number of rotatable bonds is 5. The maximum absolute atomic E-state index is 13.6. The maximum Gasteiger partial charge on any atom is 0.337 e. The van der Waals surface area contributed by atoms with Gasteiger partial charge in [0, 0.05) is 6.54 Å². The van der Waals surface area contributed by atoms with Gasteiger partial charge in [-0.05, 0) is 36.8 Å². The van der Waals surface area contributed by atoms with Crippen LogP contribution in [-0.4, -0.2) is 23.7 Å². The molecule has 2 rings (SSSR count). The van der Waals surface area contributed by atoms with Gasteiger partial charge in [0.2, 0.25) is 0 Å². The van der Waals surface area contributed by atoms with Crippen LogP contribution in [0, 0.1) is 11.2 Å². The second-order valence-electron chi connectivity index (χ2n) is 5.13. The van der Waals surface area contributed by atoms with E-state index in [9.17, 15) is 14.0 Å². The number of carbonyl (C=O) groups excluding carboxylic acids is 1. The van der Waals surface area contributed by atoms with Crippen molar-refractivity contribution in [1.29, 1.82) is 0 Å². The van der Waals surface area contributed by atoms with E-state index < -0.39 is 17.8 Å². The van der Waals surface area contributed by atoms with Gasteiger partial charge in [-0.15, -0.1) is 0 Å². The van der Waals surface area contributed by atoms with E-state index in [1.807, 2.05) is 0 Å². The number of carboxylic acid groups (broad SMARTS) is 1. The number of urea groups is 1. The zero-order valence-electron chi connectivity index (χ0n) is 11.2. The van der Waals surface area contributed by atoms with Crippen molar-refractivity contribution in [2.45, 2.75) is 26.2 Å². The number of hydrogen-bond donors (Lipinski definition) is 3. The van der Waals surface area contributed by atoms with Crippen LogP contribution in [0.3, 0.4) is 0 Å². The summed E-state index contributed by atoms with van der Waals surface area (Å²) >= 11 is 0. The fraction of sp³-hybridized carbons (Fsp3) is 0.429. The van der Waals surface area contributed by atoms with Crippen LogP contribution in [0.2, 0.25) is 0 Å². The molecule has 5 nitrogen and oxygen atoms in total. The van der Waals surface area contributed by atoms with Gasteiger partial charge in [0.25, 0.3) is 0 Å². The average molecular weight is 280 g/mol. The molecule has 1 aliphatic rings. The van der Waals surface area contributed by atoms with E-state index in [1.165, 1.54) is 12.1 Å². The van der Waals surface area contributed by atoms with Gasteiger partial charge in [-0.2, -0.15) is 0 Å². The predicted octanol–water partition coefficient (Wildman–Crippen LogP) is 2.84. The minimum absolute atomic E-state index is 0.169. The van der Waals surface area contributed by atoms with Crippen molar-refractivity contribution < 1.29 is 19.1 Å². The maximum atomic E-state index is 13.6. The van der Waals surface area contributed by atoms with Crippen molar-refractivity contribution in [3.8, 4) is 0 Å². The Kier molecular flexibility index (Phi) is 3.92. The van der Waals surface area contributed by atoms with Crippen molar-refractivity contribution in [3.05, 3.63) is 29.6 Å². The molecule has 2 amide bonds. The number of halogens is 1. The number of amides is 2. The Balaban J connectivity index is 2.02. The number of anilines is 1. The van der Waals surface area contributed by atoms with Crippen molar-refractivity contribution in [2.24, 2.45) is 5.41 Å². The van der Waals surface area contributed by atoms with Crippen LogP contribution in [0.25, 0.3) is 0 Å². The topological polar surface area (TPSA) is 78.4 Å². The molecule has 0 radical (unpaired) electrons. The first-order valence-electron chi connectivity index (χ1n) is 6.54. The number of hydrogen-bond acceptors (Lipinski definition) is 2. The second kappa shape index (κ2) is 5.48. The first kappa shape index (κ1) is 14.3. The molecule has 0 unspecified atom stereocenters. The fourth-order valence-electron chi connectivity index (χ4n) is 2.09. The third-order valence-electron chi connectivity index (χ3n) is 3.81. The summed E-state index contributed by atoms with van der Waals surface area (Å²) in [5.41, 5.74) is -0.405. The summed E-state index contributed by atoms with van der Waals surface area (Å²) in [6.07, 6.45) is 3.13. The number of aromatic carboxylic acids is 1. The van der Waals surface area contributed by atoms with E-state index in [-0.39, 0.29) is 16.7 Å². The predicted molar refractivity (Wildman–Crippen MR) is 72.3 cm³/mol. The summed E-state index contributed by atoms with van der Waals surface area (Å²) in [4.78, 5) is 22.7. The first-order valence-corrected chi connectivity index (χ1v) is 6.54. The largest absolute Gasteiger partial charge is 0.478 e. The Morgan fingerprint density at radius 2 is 2.10 bits per heavy atom. The molecule has 1 fully saturated rings. The lowest BCUT2D eigenvalue weighted by Crippen LogP contribution is -2.34. The molecule has 20 heavy (non-hydrogen) atoms. The third kappa shape index (κ3) is 3.07. The van der Waals surface area contributed by atoms with Crippen molar-refractivity contribution in [1.82, 2.24) is 5.32 Å². The lowest BCUT2D eigenvalue weighted by Gasteiger charge is -2.15. The highest BCUT2D eigenvalue weighted by molar-refractivity contribution is 6.00. The summed E-state index contributed by atoms with van der Waals surface area (Å²) in [5, 5.41) is 13.9. The zero-order chi connectivity index (χ0) is 14.8. The van der Waals surface area contributed by atoms with Crippen molar-refractivity contribution >= 4 is 17.7 Å². The zero-order valence-corrected chi connectivity index (χ0v) is 11.2. The van der Waals surface area contributed by atoms with Crippen LogP contribution < -0.4 is 10.6 Å². The minimum atomic E-state index is -1.29. The van der Waals surface area contributed by atoms with Crippen molar-refractivity contribution in [3.63, 3.8) is 0 Å². The quantitative estimate of drug-likeness (QED) is 0.776. The Labute approximate surface area is 116 Å². The fourth-order valence-corrected chi connectivity index (χ4v) is 2.09. The van der Waals surface area contributed by atoms with Crippen LogP contribution in [0.5, 0.6) is 0 Å². The molecule has 6 heteroatoms. The highest BCUT2D eigenvalue weighted by Crippen LogP contribution is 2.47. The summed E-state index contributed by atoms with van der Waals surface area (Å²) in [6.45, 7) is 2.58. The number of benzene rings is 1. The molecule has 0 saturated heterocycles. The lowest BCUT2D eigenvalue weighted by molar-refractivity contribution is 0.0697. The van der Waals surface area contributed by atoms with Crippen LogP contribution >= 0.6 is 0 Å². The standard InChI is InChI=1S/C14H17FN2O3/c1-2-14(6-7-14)8-16-13(20)17-11-9(12(18)19)4-3-5-10(11)15/h3-5H,2,6-8H2,1H3,(H,18,19)(H2,16,17,20). The number of carbonyl (C=O) groups is 2. The monoisotopic (exact) mass is 280 g/mol. The first-order chi connectivity index (χ1) is 9.47. The second-order valence-corrected chi connectivity index (χ2v) is 5.13. The van der Waals surface area contributed by atoms with E-state index in [1.54, 1.807) is 0 Å². The molecule has 1 aromatic carbocycles. The Hall–Kier alpha value is -2.11. The molecule has 108 valence electrons. The van der Waals surface area contributed by atoms with Gasteiger partial charge < -0.3 is 15.7 Å². The van der Waals surface area contributed by atoms with Gasteiger partial charge in [0.15, 0.2) is 0 Å². The molecule has 0 heterocycles. The normalized spacial score (nSPS) is 15.5. The molecular formula is C14H17FN2O3. The van der Waals surface area contributed by atoms with Gasteiger partial charge in [-0.25, -0.2) is 14.0 Å². The molecule has 0 atom stereocenters.